The normalized spacial score (nSPS) is 15.8. The van der Waals surface area contributed by atoms with Crippen LogP contribution in [0.4, 0.5) is 4.39 Å². The largest absolute Gasteiger partial charge is 0.339 e. The summed E-state index contributed by atoms with van der Waals surface area (Å²) in [5.41, 5.74) is 1.95. The number of carbonyl (C=O) groups is 1. The van der Waals surface area contributed by atoms with Gasteiger partial charge in [0.05, 0.1) is 17.5 Å². The van der Waals surface area contributed by atoms with Gasteiger partial charge >= 0.3 is 0 Å². The van der Waals surface area contributed by atoms with Gasteiger partial charge in [0.2, 0.25) is 0 Å². The zero-order chi connectivity index (χ0) is 16.2. The third kappa shape index (κ3) is 3.42. The third-order valence-corrected chi connectivity index (χ3v) is 4.40. The number of likely N-dealkylation sites (tertiary alicyclic amines) is 1. The molecular weight excluding hydrogens is 295 g/mol. The first-order chi connectivity index (χ1) is 11.2. The number of nitrogens with one attached hydrogen (secondary N) is 2. The van der Waals surface area contributed by atoms with E-state index in [-0.39, 0.29) is 11.7 Å². The van der Waals surface area contributed by atoms with Gasteiger partial charge in [-0.05, 0) is 56.6 Å². The number of H-pyrrole nitrogens is 1. The summed E-state index contributed by atoms with van der Waals surface area (Å²) in [5.74, 6) is 0.318. The predicted molar refractivity (Wildman–Crippen MR) is 86.5 cm³/mol. The molecule has 2 N–H and O–H groups in total. The molecule has 1 aromatic heterocycles. The quantitative estimate of drug-likeness (QED) is 0.910. The van der Waals surface area contributed by atoms with Gasteiger partial charge in [-0.2, -0.15) is 5.10 Å². The minimum atomic E-state index is -0.298. The summed E-state index contributed by atoms with van der Waals surface area (Å²) in [4.78, 5) is 14.6. The van der Waals surface area contributed by atoms with Crippen molar-refractivity contribution < 1.29 is 9.18 Å². The average Bonchev–Trinajstić information content (AvgIpc) is 3.05. The highest BCUT2D eigenvalue weighted by atomic mass is 19.1. The Balaban J connectivity index is 1.74. The molecule has 0 aliphatic carbocycles. The number of aromatic amines is 1. The summed E-state index contributed by atoms with van der Waals surface area (Å²) in [7, 11) is 1.96. The van der Waals surface area contributed by atoms with Crippen molar-refractivity contribution in [2.75, 3.05) is 26.7 Å². The second kappa shape index (κ2) is 6.91. The Morgan fingerprint density at radius 2 is 2.04 bits per heavy atom. The minimum Gasteiger partial charge on any atom is -0.339 e. The van der Waals surface area contributed by atoms with Crippen molar-refractivity contribution in [1.82, 2.24) is 20.4 Å². The van der Waals surface area contributed by atoms with Crippen LogP contribution in [-0.4, -0.2) is 47.7 Å². The van der Waals surface area contributed by atoms with Crippen LogP contribution < -0.4 is 5.32 Å². The number of hydrogen-bond donors (Lipinski definition) is 2. The molecule has 0 unspecified atom stereocenters. The van der Waals surface area contributed by atoms with E-state index in [1.807, 2.05) is 11.9 Å². The molecule has 122 valence electrons. The molecule has 0 saturated carbocycles. The number of amides is 1. The van der Waals surface area contributed by atoms with E-state index in [2.05, 4.69) is 15.5 Å². The average molecular weight is 316 g/mol. The van der Waals surface area contributed by atoms with Gasteiger partial charge in [0, 0.05) is 18.7 Å². The Labute approximate surface area is 134 Å². The lowest BCUT2D eigenvalue weighted by molar-refractivity contribution is 0.0692. The molecule has 1 fully saturated rings. The Hall–Kier alpha value is -2.21. The molecule has 3 rings (SSSR count). The fourth-order valence-corrected chi connectivity index (χ4v) is 3.08. The number of halogens is 1. The van der Waals surface area contributed by atoms with Crippen LogP contribution >= 0.6 is 0 Å². The lowest BCUT2D eigenvalue weighted by atomic mass is 9.96. The maximum absolute atomic E-state index is 13.1. The molecule has 1 saturated heterocycles. The van der Waals surface area contributed by atoms with E-state index in [0.29, 0.717) is 17.2 Å². The molecule has 0 spiro atoms. The standard InChI is InChI=1S/C17H21FN4O/c1-19-10-12-6-8-22(9-7-12)17(23)15-11-20-21-16(15)13-2-4-14(18)5-3-13/h2-5,11-12,19H,6-10H2,1H3,(H,20,21). The number of carbonyl (C=O) groups excluding carboxylic acids is 1. The first-order valence-electron chi connectivity index (χ1n) is 7.92. The van der Waals surface area contributed by atoms with Gasteiger partial charge < -0.3 is 10.2 Å². The second-order valence-electron chi connectivity index (χ2n) is 5.96. The molecule has 1 amide bonds. The van der Waals surface area contributed by atoms with Crippen LogP contribution in [0.15, 0.2) is 30.5 Å². The molecule has 1 aliphatic heterocycles. The summed E-state index contributed by atoms with van der Waals surface area (Å²) < 4.78 is 13.1. The molecule has 5 nitrogen and oxygen atoms in total. The van der Waals surface area contributed by atoms with Gasteiger partial charge in [-0.1, -0.05) is 0 Å². The first-order valence-corrected chi connectivity index (χ1v) is 7.92. The maximum atomic E-state index is 13.1. The highest BCUT2D eigenvalue weighted by Crippen LogP contribution is 2.24. The Morgan fingerprint density at radius 1 is 1.35 bits per heavy atom. The number of piperidine rings is 1. The van der Waals surface area contributed by atoms with Crippen molar-refractivity contribution in [2.24, 2.45) is 5.92 Å². The molecule has 23 heavy (non-hydrogen) atoms. The molecule has 0 atom stereocenters. The zero-order valence-electron chi connectivity index (χ0n) is 13.2. The van der Waals surface area contributed by atoms with Crippen LogP contribution in [0.2, 0.25) is 0 Å². The minimum absolute atomic E-state index is 0.0130. The van der Waals surface area contributed by atoms with Gasteiger partial charge in [-0.25, -0.2) is 4.39 Å². The molecule has 6 heteroatoms. The van der Waals surface area contributed by atoms with Crippen LogP contribution in [0.5, 0.6) is 0 Å². The Morgan fingerprint density at radius 3 is 2.70 bits per heavy atom. The van der Waals surface area contributed by atoms with Gasteiger partial charge in [0.15, 0.2) is 0 Å². The van der Waals surface area contributed by atoms with E-state index in [1.165, 1.54) is 12.1 Å². The fourth-order valence-electron chi connectivity index (χ4n) is 3.08. The van der Waals surface area contributed by atoms with Crippen molar-refractivity contribution >= 4 is 5.91 Å². The van der Waals surface area contributed by atoms with Crippen molar-refractivity contribution in [3.8, 4) is 11.3 Å². The molecule has 0 bridgehead atoms. The van der Waals surface area contributed by atoms with Crippen molar-refractivity contribution in [1.29, 1.82) is 0 Å². The summed E-state index contributed by atoms with van der Waals surface area (Å²) in [6, 6.07) is 6.07. The van der Waals surface area contributed by atoms with E-state index in [0.717, 1.165) is 38.0 Å². The summed E-state index contributed by atoms with van der Waals surface area (Å²) in [5, 5.41) is 10.1. The highest BCUT2D eigenvalue weighted by molar-refractivity contribution is 5.99. The molecule has 1 aromatic carbocycles. The van der Waals surface area contributed by atoms with E-state index in [4.69, 9.17) is 0 Å². The molecular formula is C17H21FN4O. The van der Waals surface area contributed by atoms with Crippen LogP contribution in [0, 0.1) is 11.7 Å². The maximum Gasteiger partial charge on any atom is 0.257 e. The van der Waals surface area contributed by atoms with Gasteiger partial charge in [-0.3, -0.25) is 9.89 Å². The number of aromatic nitrogens is 2. The van der Waals surface area contributed by atoms with E-state index >= 15 is 0 Å². The summed E-state index contributed by atoms with van der Waals surface area (Å²) >= 11 is 0. The highest BCUT2D eigenvalue weighted by Gasteiger charge is 2.26. The molecule has 1 aliphatic rings. The number of benzene rings is 1. The lowest BCUT2D eigenvalue weighted by Gasteiger charge is -2.31. The van der Waals surface area contributed by atoms with Crippen molar-refractivity contribution in [2.45, 2.75) is 12.8 Å². The molecule has 2 heterocycles. The third-order valence-electron chi connectivity index (χ3n) is 4.40. The molecule has 2 aromatic rings. The predicted octanol–water partition coefficient (Wildman–Crippen LogP) is 2.29. The van der Waals surface area contributed by atoms with Crippen LogP contribution in [0.1, 0.15) is 23.2 Å². The monoisotopic (exact) mass is 316 g/mol. The summed E-state index contributed by atoms with van der Waals surface area (Å²) in [6.45, 7) is 2.52. The summed E-state index contributed by atoms with van der Waals surface area (Å²) in [6.07, 6.45) is 3.58. The van der Waals surface area contributed by atoms with E-state index in [1.54, 1.807) is 18.3 Å². The van der Waals surface area contributed by atoms with Gasteiger partial charge in [0.1, 0.15) is 5.82 Å². The van der Waals surface area contributed by atoms with Crippen LogP contribution in [0.3, 0.4) is 0 Å². The van der Waals surface area contributed by atoms with Crippen molar-refractivity contribution in [3.05, 3.63) is 41.8 Å². The fraction of sp³-hybridized carbons (Fsp3) is 0.412. The topological polar surface area (TPSA) is 61.0 Å². The van der Waals surface area contributed by atoms with E-state index in [9.17, 15) is 9.18 Å². The van der Waals surface area contributed by atoms with Crippen molar-refractivity contribution in [3.63, 3.8) is 0 Å². The van der Waals surface area contributed by atoms with Gasteiger partial charge in [-0.15, -0.1) is 0 Å². The van der Waals surface area contributed by atoms with E-state index < -0.39 is 0 Å². The Kier molecular flexibility index (Phi) is 4.71. The first kappa shape index (κ1) is 15.7. The number of rotatable bonds is 4. The number of nitrogens with zero attached hydrogens (tertiary/aromatic N) is 2. The van der Waals surface area contributed by atoms with Crippen LogP contribution in [0.25, 0.3) is 11.3 Å². The molecule has 0 radical (unpaired) electrons. The van der Waals surface area contributed by atoms with Gasteiger partial charge in [0.25, 0.3) is 5.91 Å². The second-order valence-corrected chi connectivity index (χ2v) is 5.96. The lowest BCUT2D eigenvalue weighted by Crippen LogP contribution is -2.40. The Bertz CT molecular complexity index is 659. The smallest absolute Gasteiger partial charge is 0.257 e. The zero-order valence-corrected chi connectivity index (χ0v) is 13.2. The van der Waals surface area contributed by atoms with Crippen LogP contribution in [-0.2, 0) is 0 Å². The number of hydrogen-bond acceptors (Lipinski definition) is 3. The SMILES string of the molecule is CNCC1CCN(C(=O)c2cn[nH]c2-c2ccc(F)cc2)CC1.